The lowest BCUT2D eigenvalue weighted by atomic mass is 10.3. The van der Waals surface area contributed by atoms with Gasteiger partial charge in [-0.05, 0) is 22.9 Å². The first-order valence-electron chi connectivity index (χ1n) is 3.67. The van der Waals surface area contributed by atoms with Gasteiger partial charge in [0.25, 0.3) is 0 Å². The highest BCUT2D eigenvalue weighted by molar-refractivity contribution is 7.07. The van der Waals surface area contributed by atoms with Crippen molar-refractivity contribution in [1.82, 2.24) is 0 Å². The predicted molar refractivity (Wildman–Crippen MR) is 50.7 cm³/mol. The van der Waals surface area contributed by atoms with E-state index in [1.54, 1.807) is 11.3 Å². The molecule has 68 valence electrons. The van der Waals surface area contributed by atoms with E-state index in [1.807, 2.05) is 22.9 Å². The summed E-state index contributed by atoms with van der Waals surface area (Å²) in [7, 11) is 0. The lowest BCUT2D eigenvalue weighted by molar-refractivity contribution is 0.583. The Balaban J connectivity index is 0.000000145. The summed E-state index contributed by atoms with van der Waals surface area (Å²) in [5.74, 6) is -1.07. The molecule has 0 atom stereocenters. The third-order valence-electron chi connectivity index (χ3n) is 1.21. The molecule has 0 amide bonds. The van der Waals surface area contributed by atoms with E-state index < -0.39 is 11.6 Å². The molecule has 0 radical (unpaired) electrons. The van der Waals surface area contributed by atoms with Gasteiger partial charge in [-0.1, -0.05) is 18.2 Å². The van der Waals surface area contributed by atoms with Crippen LogP contribution in [0.5, 0.6) is 0 Å². The number of halogens is 2. The van der Waals surface area contributed by atoms with Gasteiger partial charge in [-0.15, -0.1) is 0 Å². The van der Waals surface area contributed by atoms with E-state index in [-0.39, 0.29) is 0 Å². The highest BCUT2D eigenvalue weighted by Gasteiger charge is 1.88. The Morgan fingerprint density at radius 1 is 0.846 bits per heavy atom. The third-order valence-corrected chi connectivity index (χ3v) is 1.84. The Morgan fingerprint density at radius 2 is 1.38 bits per heavy atom. The minimum absolute atomic E-state index is 0.537. The number of thiophene rings is 1. The summed E-state index contributed by atoms with van der Waals surface area (Å²) in [6.07, 6.45) is 0. The van der Waals surface area contributed by atoms with Crippen LogP contribution in [-0.4, -0.2) is 0 Å². The van der Waals surface area contributed by atoms with E-state index in [9.17, 15) is 8.78 Å². The number of benzene rings is 1. The van der Waals surface area contributed by atoms with Crippen LogP contribution in [0.25, 0.3) is 0 Å². The molecular formula is C10H8F2S. The maximum atomic E-state index is 11.9. The predicted octanol–water partition coefficient (Wildman–Crippen LogP) is 3.71. The smallest absolute Gasteiger partial charge is 0.126 e. The van der Waals surface area contributed by atoms with E-state index in [0.717, 1.165) is 6.07 Å². The van der Waals surface area contributed by atoms with Crippen molar-refractivity contribution < 1.29 is 8.78 Å². The van der Waals surface area contributed by atoms with Crippen LogP contribution in [0.1, 0.15) is 0 Å². The lowest BCUT2D eigenvalue weighted by Gasteiger charge is -1.84. The minimum atomic E-state index is -0.537. The molecule has 0 fully saturated rings. The van der Waals surface area contributed by atoms with Crippen molar-refractivity contribution >= 4 is 11.3 Å². The van der Waals surface area contributed by atoms with Gasteiger partial charge < -0.3 is 0 Å². The normalized spacial score (nSPS) is 8.77. The molecular weight excluding hydrogens is 190 g/mol. The van der Waals surface area contributed by atoms with Crippen molar-refractivity contribution in [2.45, 2.75) is 0 Å². The molecule has 0 aliphatic heterocycles. The third kappa shape index (κ3) is 4.38. The van der Waals surface area contributed by atoms with Gasteiger partial charge >= 0.3 is 0 Å². The van der Waals surface area contributed by atoms with Crippen LogP contribution in [0, 0.1) is 11.6 Å². The molecule has 0 saturated heterocycles. The fourth-order valence-corrected chi connectivity index (χ4v) is 1.14. The van der Waals surface area contributed by atoms with Gasteiger partial charge in [-0.25, -0.2) is 8.78 Å². The Morgan fingerprint density at radius 3 is 1.62 bits per heavy atom. The molecule has 1 aromatic heterocycles. The number of hydrogen-bond donors (Lipinski definition) is 0. The Kier molecular flexibility index (Phi) is 4.12. The van der Waals surface area contributed by atoms with Crippen molar-refractivity contribution in [2.75, 3.05) is 0 Å². The molecule has 0 nitrogen and oxygen atoms in total. The molecule has 0 bridgehead atoms. The molecule has 0 saturated carbocycles. The van der Waals surface area contributed by atoms with E-state index in [1.165, 1.54) is 18.2 Å². The van der Waals surface area contributed by atoms with Gasteiger partial charge in [0.05, 0.1) is 0 Å². The van der Waals surface area contributed by atoms with Crippen molar-refractivity contribution in [1.29, 1.82) is 0 Å². The second kappa shape index (κ2) is 5.43. The van der Waals surface area contributed by atoms with Gasteiger partial charge in [0.15, 0.2) is 0 Å². The fraction of sp³-hybridized carbons (Fsp3) is 0. The number of hydrogen-bond acceptors (Lipinski definition) is 1. The first-order valence-corrected chi connectivity index (χ1v) is 4.61. The Hall–Kier alpha value is -1.22. The first kappa shape index (κ1) is 9.86. The van der Waals surface area contributed by atoms with Gasteiger partial charge in [-0.2, -0.15) is 11.3 Å². The Bertz CT molecular complexity index is 296. The summed E-state index contributed by atoms with van der Waals surface area (Å²) in [6.45, 7) is 0. The molecule has 0 N–H and O–H groups in total. The molecule has 1 heterocycles. The van der Waals surface area contributed by atoms with Crippen molar-refractivity contribution in [3.8, 4) is 0 Å². The summed E-state index contributed by atoms with van der Waals surface area (Å²) in [6, 6.07) is 8.59. The minimum Gasteiger partial charge on any atom is -0.207 e. The standard InChI is InChI=1S/C6H4F2.C4H4S/c7-5-2-1-3-6(8)4-5;1-2-4-5-3-1/h1-4H;1-4H. The van der Waals surface area contributed by atoms with Crippen molar-refractivity contribution in [3.05, 3.63) is 58.8 Å². The van der Waals surface area contributed by atoms with Crippen LogP contribution in [-0.2, 0) is 0 Å². The molecule has 3 heteroatoms. The maximum absolute atomic E-state index is 11.9. The summed E-state index contributed by atoms with van der Waals surface area (Å²) in [5.41, 5.74) is 0. The average Bonchev–Trinajstić information content (AvgIpc) is 2.59. The zero-order valence-electron chi connectivity index (χ0n) is 6.78. The first-order chi connectivity index (χ1) is 6.29. The highest BCUT2D eigenvalue weighted by Crippen LogP contribution is 1.99. The molecule has 0 spiro atoms. The van der Waals surface area contributed by atoms with Crippen molar-refractivity contribution in [2.24, 2.45) is 0 Å². The summed E-state index contributed by atoms with van der Waals surface area (Å²) in [5, 5.41) is 4.08. The molecule has 2 aromatic rings. The second-order valence-corrected chi connectivity index (χ2v) is 3.05. The van der Waals surface area contributed by atoms with Crippen LogP contribution in [0.2, 0.25) is 0 Å². The van der Waals surface area contributed by atoms with Crippen molar-refractivity contribution in [3.63, 3.8) is 0 Å². The van der Waals surface area contributed by atoms with E-state index in [2.05, 4.69) is 0 Å². The molecule has 13 heavy (non-hydrogen) atoms. The van der Waals surface area contributed by atoms with E-state index >= 15 is 0 Å². The largest absolute Gasteiger partial charge is 0.207 e. The quantitative estimate of drug-likeness (QED) is 0.605. The SMILES string of the molecule is Fc1cccc(F)c1.c1ccsc1. The van der Waals surface area contributed by atoms with Crippen LogP contribution >= 0.6 is 11.3 Å². The summed E-state index contributed by atoms with van der Waals surface area (Å²) >= 11 is 1.71. The Labute approximate surface area is 79.5 Å². The van der Waals surface area contributed by atoms with E-state index in [4.69, 9.17) is 0 Å². The zero-order chi connectivity index (χ0) is 9.52. The maximum Gasteiger partial charge on any atom is 0.126 e. The summed E-state index contributed by atoms with van der Waals surface area (Å²) < 4.78 is 23.9. The second-order valence-electron chi connectivity index (χ2n) is 2.23. The highest BCUT2D eigenvalue weighted by atomic mass is 32.1. The van der Waals surface area contributed by atoms with Gasteiger partial charge in [0, 0.05) is 6.07 Å². The van der Waals surface area contributed by atoms with Crippen LogP contribution in [0.3, 0.4) is 0 Å². The molecule has 0 aliphatic rings. The molecule has 0 unspecified atom stereocenters. The van der Waals surface area contributed by atoms with Crippen LogP contribution in [0.15, 0.2) is 47.2 Å². The van der Waals surface area contributed by atoms with Crippen LogP contribution < -0.4 is 0 Å². The zero-order valence-corrected chi connectivity index (χ0v) is 7.60. The fourth-order valence-electron chi connectivity index (χ4n) is 0.687. The lowest BCUT2D eigenvalue weighted by Crippen LogP contribution is -1.73. The average molecular weight is 198 g/mol. The van der Waals surface area contributed by atoms with E-state index in [0.29, 0.717) is 0 Å². The van der Waals surface area contributed by atoms with Crippen LogP contribution in [0.4, 0.5) is 8.78 Å². The van der Waals surface area contributed by atoms with Gasteiger partial charge in [0.1, 0.15) is 11.6 Å². The topological polar surface area (TPSA) is 0 Å². The molecule has 0 aliphatic carbocycles. The molecule has 2 rings (SSSR count). The molecule has 1 aromatic carbocycles. The number of rotatable bonds is 0. The monoisotopic (exact) mass is 198 g/mol. The van der Waals surface area contributed by atoms with Gasteiger partial charge in [0.2, 0.25) is 0 Å². The van der Waals surface area contributed by atoms with Gasteiger partial charge in [-0.3, -0.25) is 0 Å². The summed E-state index contributed by atoms with van der Waals surface area (Å²) in [4.78, 5) is 0.